The number of aliphatic hydroxyl groups is 1. The van der Waals surface area contributed by atoms with Crippen molar-refractivity contribution in [3.05, 3.63) is 48.2 Å². The van der Waals surface area contributed by atoms with E-state index in [1.54, 1.807) is 13.0 Å². The molecular weight excluding hydrogens is 252 g/mol. The highest BCUT2D eigenvalue weighted by Crippen LogP contribution is 2.37. The van der Waals surface area contributed by atoms with E-state index in [2.05, 4.69) is 0 Å². The van der Waals surface area contributed by atoms with E-state index >= 15 is 0 Å². The summed E-state index contributed by atoms with van der Waals surface area (Å²) in [6.07, 6.45) is 2.36. The fraction of sp³-hybridized carbons (Fsp3) is 0.294. The van der Waals surface area contributed by atoms with Crippen LogP contribution in [0, 0.1) is 0 Å². The topological polar surface area (TPSA) is 38.7 Å². The molecule has 2 aromatic carbocycles. The van der Waals surface area contributed by atoms with E-state index in [4.69, 9.17) is 9.47 Å². The van der Waals surface area contributed by atoms with Gasteiger partial charge in [-0.15, -0.1) is 0 Å². The molecule has 3 heteroatoms. The van der Waals surface area contributed by atoms with Crippen LogP contribution in [0.15, 0.2) is 48.2 Å². The molecule has 1 aliphatic rings. The molecule has 0 saturated heterocycles. The SMILES string of the molecule is CCC(C)(O)/C=C1/COc2cc3ccccc3cc2O1. The van der Waals surface area contributed by atoms with E-state index < -0.39 is 5.60 Å². The van der Waals surface area contributed by atoms with E-state index in [0.29, 0.717) is 24.5 Å². The lowest BCUT2D eigenvalue weighted by Crippen LogP contribution is -2.24. The molecular formula is C17H18O3. The summed E-state index contributed by atoms with van der Waals surface area (Å²) in [5.41, 5.74) is -0.868. The van der Waals surface area contributed by atoms with Crippen molar-refractivity contribution in [2.75, 3.05) is 6.61 Å². The summed E-state index contributed by atoms with van der Waals surface area (Å²) >= 11 is 0. The minimum absolute atomic E-state index is 0.349. The molecule has 3 nitrogen and oxygen atoms in total. The van der Waals surface area contributed by atoms with E-state index in [1.807, 2.05) is 43.3 Å². The predicted molar refractivity (Wildman–Crippen MR) is 79.1 cm³/mol. The molecule has 0 saturated carbocycles. The molecule has 0 bridgehead atoms. The normalized spacial score (nSPS) is 19.1. The molecule has 3 rings (SSSR count). The Morgan fingerprint density at radius 1 is 1.20 bits per heavy atom. The van der Waals surface area contributed by atoms with Crippen LogP contribution in [0.1, 0.15) is 20.3 Å². The molecule has 0 aliphatic carbocycles. The van der Waals surface area contributed by atoms with Crippen LogP contribution in [0.3, 0.4) is 0 Å². The number of fused-ring (bicyclic) bond motifs is 2. The summed E-state index contributed by atoms with van der Waals surface area (Å²) in [7, 11) is 0. The number of hydrogen-bond acceptors (Lipinski definition) is 3. The van der Waals surface area contributed by atoms with Gasteiger partial charge in [-0.05, 0) is 42.3 Å². The zero-order valence-electron chi connectivity index (χ0n) is 11.7. The van der Waals surface area contributed by atoms with Crippen LogP contribution < -0.4 is 9.47 Å². The van der Waals surface area contributed by atoms with Gasteiger partial charge in [0.25, 0.3) is 0 Å². The first-order valence-electron chi connectivity index (χ1n) is 6.85. The molecule has 2 aromatic rings. The van der Waals surface area contributed by atoms with Gasteiger partial charge < -0.3 is 14.6 Å². The van der Waals surface area contributed by atoms with E-state index in [9.17, 15) is 5.11 Å². The molecule has 1 N–H and O–H groups in total. The lowest BCUT2D eigenvalue weighted by atomic mass is 10.0. The van der Waals surface area contributed by atoms with Crippen molar-refractivity contribution in [2.45, 2.75) is 25.9 Å². The first-order valence-corrected chi connectivity index (χ1v) is 6.85. The predicted octanol–water partition coefficient (Wildman–Crippen LogP) is 3.66. The number of ether oxygens (including phenoxy) is 2. The van der Waals surface area contributed by atoms with E-state index in [-0.39, 0.29) is 0 Å². The maximum Gasteiger partial charge on any atom is 0.169 e. The first kappa shape index (κ1) is 13.0. The van der Waals surface area contributed by atoms with Gasteiger partial charge in [0.2, 0.25) is 0 Å². The van der Waals surface area contributed by atoms with Crippen LogP contribution in [0.5, 0.6) is 11.5 Å². The van der Waals surface area contributed by atoms with Crippen molar-refractivity contribution in [1.82, 2.24) is 0 Å². The fourth-order valence-corrected chi connectivity index (χ4v) is 2.23. The zero-order chi connectivity index (χ0) is 14.2. The molecule has 0 radical (unpaired) electrons. The molecule has 1 aliphatic heterocycles. The molecule has 20 heavy (non-hydrogen) atoms. The molecule has 0 spiro atoms. The minimum atomic E-state index is -0.868. The van der Waals surface area contributed by atoms with Crippen molar-refractivity contribution in [1.29, 1.82) is 0 Å². The van der Waals surface area contributed by atoms with Gasteiger partial charge in [0.1, 0.15) is 12.4 Å². The second-order valence-electron chi connectivity index (χ2n) is 5.36. The first-order chi connectivity index (χ1) is 9.57. The summed E-state index contributed by atoms with van der Waals surface area (Å²) < 4.78 is 11.6. The van der Waals surface area contributed by atoms with E-state index in [0.717, 1.165) is 16.5 Å². The lowest BCUT2D eigenvalue weighted by molar-refractivity contribution is 0.100. The molecule has 0 fully saturated rings. The average Bonchev–Trinajstić information content (AvgIpc) is 2.44. The van der Waals surface area contributed by atoms with Crippen molar-refractivity contribution in [2.24, 2.45) is 0 Å². The van der Waals surface area contributed by atoms with Gasteiger partial charge in [0.15, 0.2) is 11.5 Å². The highest BCUT2D eigenvalue weighted by atomic mass is 16.6. The second-order valence-corrected chi connectivity index (χ2v) is 5.36. The van der Waals surface area contributed by atoms with Crippen LogP contribution >= 0.6 is 0 Å². The molecule has 104 valence electrons. The van der Waals surface area contributed by atoms with Crippen molar-refractivity contribution >= 4 is 10.8 Å². The molecule has 1 unspecified atom stereocenters. The Kier molecular flexibility index (Phi) is 3.14. The van der Waals surface area contributed by atoms with Gasteiger partial charge in [0.05, 0.1) is 5.60 Å². The summed E-state index contributed by atoms with van der Waals surface area (Å²) in [4.78, 5) is 0. The molecule has 1 atom stereocenters. The summed E-state index contributed by atoms with van der Waals surface area (Å²) in [5.74, 6) is 2.10. The molecule has 0 amide bonds. The third-order valence-corrected chi connectivity index (χ3v) is 3.61. The van der Waals surface area contributed by atoms with Crippen LogP contribution in [0.4, 0.5) is 0 Å². The van der Waals surface area contributed by atoms with Crippen LogP contribution in [0.25, 0.3) is 10.8 Å². The van der Waals surface area contributed by atoms with Gasteiger partial charge in [0, 0.05) is 0 Å². The van der Waals surface area contributed by atoms with Gasteiger partial charge in [-0.1, -0.05) is 31.2 Å². The summed E-state index contributed by atoms with van der Waals surface area (Å²) in [5, 5.41) is 12.3. The molecule has 0 aromatic heterocycles. The van der Waals surface area contributed by atoms with Gasteiger partial charge in [-0.3, -0.25) is 0 Å². The third kappa shape index (κ3) is 2.49. The zero-order valence-corrected chi connectivity index (χ0v) is 11.7. The summed E-state index contributed by atoms with van der Waals surface area (Å²) in [6.45, 7) is 4.04. The Balaban J connectivity index is 1.97. The monoisotopic (exact) mass is 270 g/mol. The number of hydrogen-bond donors (Lipinski definition) is 1. The minimum Gasteiger partial charge on any atom is -0.482 e. The highest BCUT2D eigenvalue weighted by molar-refractivity contribution is 5.86. The number of rotatable bonds is 2. The Morgan fingerprint density at radius 2 is 1.85 bits per heavy atom. The standard InChI is InChI=1S/C17H18O3/c1-3-17(2,18)10-14-11-19-15-8-12-6-4-5-7-13(12)9-16(15)20-14/h4-10,18H,3,11H2,1-2H3/b14-10-. The Bertz CT molecular complexity index is 671. The maximum absolute atomic E-state index is 10.1. The van der Waals surface area contributed by atoms with Crippen LogP contribution in [0.2, 0.25) is 0 Å². The highest BCUT2D eigenvalue weighted by Gasteiger charge is 2.21. The smallest absolute Gasteiger partial charge is 0.169 e. The van der Waals surface area contributed by atoms with Crippen LogP contribution in [-0.2, 0) is 0 Å². The fourth-order valence-electron chi connectivity index (χ4n) is 2.23. The summed E-state index contributed by atoms with van der Waals surface area (Å²) in [6, 6.07) is 12.0. The maximum atomic E-state index is 10.1. The Morgan fingerprint density at radius 3 is 2.50 bits per heavy atom. The van der Waals surface area contributed by atoms with Gasteiger partial charge >= 0.3 is 0 Å². The van der Waals surface area contributed by atoms with Crippen LogP contribution in [-0.4, -0.2) is 17.3 Å². The quantitative estimate of drug-likeness (QED) is 0.905. The van der Waals surface area contributed by atoms with Crippen molar-refractivity contribution < 1.29 is 14.6 Å². The second kappa shape index (κ2) is 4.84. The Hall–Kier alpha value is -2.00. The van der Waals surface area contributed by atoms with E-state index in [1.165, 1.54) is 0 Å². The van der Waals surface area contributed by atoms with Crippen molar-refractivity contribution in [3.63, 3.8) is 0 Å². The lowest BCUT2D eigenvalue weighted by Gasteiger charge is -2.24. The largest absolute Gasteiger partial charge is 0.482 e. The average molecular weight is 270 g/mol. The Labute approximate surface area is 118 Å². The van der Waals surface area contributed by atoms with Gasteiger partial charge in [-0.25, -0.2) is 0 Å². The third-order valence-electron chi connectivity index (χ3n) is 3.61. The molecule has 1 heterocycles. The number of benzene rings is 2. The van der Waals surface area contributed by atoms with Gasteiger partial charge in [-0.2, -0.15) is 0 Å². The van der Waals surface area contributed by atoms with Crippen molar-refractivity contribution in [3.8, 4) is 11.5 Å².